The van der Waals surface area contributed by atoms with E-state index in [0.29, 0.717) is 5.75 Å². The molecule has 0 saturated carbocycles. The number of benzene rings is 1. The summed E-state index contributed by atoms with van der Waals surface area (Å²) < 4.78 is 26.4. The zero-order chi connectivity index (χ0) is 12.4. The van der Waals surface area contributed by atoms with Gasteiger partial charge in [-0.15, -0.1) is 0 Å². The second-order valence-electron chi connectivity index (χ2n) is 3.88. The van der Waals surface area contributed by atoms with Gasteiger partial charge in [-0.25, -0.2) is 8.78 Å². The van der Waals surface area contributed by atoms with Crippen molar-refractivity contribution in [2.24, 2.45) is 5.92 Å². The Morgan fingerprint density at radius 1 is 1.47 bits per heavy atom. The minimum atomic E-state index is -1.11. The minimum Gasteiger partial charge on any atom is -0.397 e. The first-order valence-electron chi connectivity index (χ1n) is 5.21. The third kappa shape index (κ3) is 2.52. The molecule has 1 heterocycles. The van der Waals surface area contributed by atoms with E-state index in [2.05, 4.69) is 5.32 Å². The number of halogens is 2. The highest BCUT2D eigenvalue weighted by atomic mass is 32.2. The molecule has 1 fully saturated rings. The molecule has 1 aromatic rings. The van der Waals surface area contributed by atoms with Crippen LogP contribution in [0, 0.1) is 17.6 Å². The van der Waals surface area contributed by atoms with Crippen LogP contribution in [0.4, 0.5) is 20.2 Å². The van der Waals surface area contributed by atoms with Crippen molar-refractivity contribution >= 4 is 29.0 Å². The molecule has 1 amide bonds. The van der Waals surface area contributed by atoms with Crippen molar-refractivity contribution < 1.29 is 13.6 Å². The van der Waals surface area contributed by atoms with Gasteiger partial charge < -0.3 is 11.1 Å². The Hall–Kier alpha value is -1.30. The number of carbonyl (C=O) groups excluding carboxylic acids is 1. The quantitative estimate of drug-likeness (QED) is 0.800. The molecule has 1 unspecified atom stereocenters. The van der Waals surface area contributed by atoms with Crippen LogP contribution in [0.1, 0.15) is 6.42 Å². The summed E-state index contributed by atoms with van der Waals surface area (Å²) in [4.78, 5) is 11.8. The Balaban J connectivity index is 2.17. The fraction of sp³-hybridized carbons (Fsp3) is 0.364. The van der Waals surface area contributed by atoms with Crippen molar-refractivity contribution in [2.75, 3.05) is 22.6 Å². The number of thioether (sulfide) groups is 1. The van der Waals surface area contributed by atoms with E-state index in [1.807, 2.05) is 0 Å². The zero-order valence-corrected chi connectivity index (χ0v) is 9.82. The molecule has 1 saturated heterocycles. The van der Waals surface area contributed by atoms with Gasteiger partial charge >= 0.3 is 0 Å². The summed E-state index contributed by atoms with van der Waals surface area (Å²) in [6, 6.07) is 2.17. The van der Waals surface area contributed by atoms with Crippen molar-refractivity contribution in [3.05, 3.63) is 23.8 Å². The van der Waals surface area contributed by atoms with Gasteiger partial charge in [0.1, 0.15) is 5.69 Å². The van der Waals surface area contributed by atoms with Crippen LogP contribution in [0.3, 0.4) is 0 Å². The van der Waals surface area contributed by atoms with Crippen LogP contribution >= 0.6 is 11.8 Å². The van der Waals surface area contributed by atoms with E-state index in [1.54, 1.807) is 11.8 Å². The molecule has 0 bridgehead atoms. The lowest BCUT2D eigenvalue weighted by atomic mass is 10.1. The summed E-state index contributed by atoms with van der Waals surface area (Å²) in [6.45, 7) is 0. The van der Waals surface area contributed by atoms with Crippen molar-refractivity contribution in [2.45, 2.75) is 6.42 Å². The summed E-state index contributed by atoms with van der Waals surface area (Å²) in [5.74, 6) is -0.949. The molecule has 1 aliphatic rings. The fourth-order valence-electron chi connectivity index (χ4n) is 1.66. The molecule has 0 radical (unpaired) electrons. The number of hydrogen-bond donors (Lipinski definition) is 2. The van der Waals surface area contributed by atoms with Gasteiger partial charge in [0.15, 0.2) is 11.6 Å². The maximum atomic E-state index is 13.4. The number of rotatable bonds is 2. The molecule has 17 heavy (non-hydrogen) atoms. The van der Waals surface area contributed by atoms with Crippen LogP contribution in [0.5, 0.6) is 0 Å². The van der Waals surface area contributed by atoms with E-state index in [-0.39, 0.29) is 23.2 Å². The number of nitrogens with two attached hydrogens (primary N) is 1. The lowest BCUT2D eigenvalue weighted by Crippen LogP contribution is -2.23. The first kappa shape index (κ1) is 12.2. The average molecular weight is 258 g/mol. The topological polar surface area (TPSA) is 55.1 Å². The number of anilines is 2. The lowest BCUT2D eigenvalue weighted by Gasteiger charge is -2.12. The Morgan fingerprint density at radius 3 is 2.88 bits per heavy atom. The van der Waals surface area contributed by atoms with Gasteiger partial charge in [0.05, 0.1) is 5.69 Å². The largest absolute Gasteiger partial charge is 0.397 e. The van der Waals surface area contributed by atoms with Crippen molar-refractivity contribution in [3.8, 4) is 0 Å². The van der Waals surface area contributed by atoms with E-state index in [0.717, 1.165) is 18.2 Å². The van der Waals surface area contributed by atoms with Gasteiger partial charge in [-0.05, 0) is 24.3 Å². The predicted molar refractivity (Wildman–Crippen MR) is 64.8 cm³/mol. The van der Waals surface area contributed by atoms with Gasteiger partial charge in [-0.3, -0.25) is 4.79 Å². The van der Waals surface area contributed by atoms with Gasteiger partial charge in [0.2, 0.25) is 5.91 Å². The Kier molecular flexibility index (Phi) is 3.51. The van der Waals surface area contributed by atoms with Gasteiger partial charge in [0.25, 0.3) is 0 Å². The van der Waals surface area contributed by atoms with E-state index in [1.165, 1.54) is 6.07 Å². The summed E-state index contributed by atoms with van der Waals surface area (Å²) in [6.07, 6.45) is 0.757. The normalized spacial score (nSPS) is 19.3. The Labute approximate surface area is 102 Å². The number of carbonyl (C=O) groups is 1. The molecule has 2 rings (SSSR count). The molecular weight excluding hydrogens is 246 g/mol. The van der Waals surface area contributed by atoms with E-state index >= 15 is 0 Å². The Bertz CT molecular complexity index is 447. The number of nitrogens with one attached hydrogen (secondary N) is 1. The molecule has 92 valence electrons. The monoisotopic (exact) mass is 258 g/mol. The maximum Gasteiger partial charge on any atom is 0.228 e. The maximum absolute atomic E-state index is 13.4. The second kappa shape index (κ2) is 4.91. The highest BCUT2D eigenvalue weighted by Crippen LogP contribution is 2.28. The van der Waals surface area contributed by atoms with Crippen LogP contribution < -0.4 is 11.1 Å². The first-order valence-corrected chi connectivity index (χ1v) is 6.37. The van der Waals surface area contributed by atoms with Crippen LogP contribution in [0.2, 0.25) is 0 Å². The number of nitrogen functional groups attached to an aromatic ring is 1. The summed E-state index contributed by atoms with van der Waals surface area (Å²) in [5.41, 5.74) is 5.28. The van der Waals surface area contributed by atoms with Gasteiger partial charge in [0, 0.05) is 11.7 Å². The second-order valence-corrected chi connectivity index (χ2v) is 5.03. The Morgan fingerprint density at radius 2 is 2.24 bits per heavy atom. The zero-order valence-electron chi connectivity index (χ0n) is 9.00. The van der Waals surface area contributed by atoms with E-state index in [4.69, 9.17) is 5.73 Å². The summed E-state index contributed by atoms with van der Waals surface area (Å²) in [7, 11) is 0. The van der Waals surface area contributed by atoms with Crippen molar-refractivity contribution in [1.29, 1.82) is 0 Å². The third-order valence-electron chi connectivity index (χ3n) is 2.68. The first-order chi connectivity index (χ1) is 8.09. The molecule has 0 aromatic heterocycles. The van der Waals surface area contributed by atoms with Crippen LogP contribution in [-0.2, 0) is 4.79 Å². The summed E-state index contributed by atoms with van der Waals surface area (Å²) in [5, 5.41) is 2.37. The summed E-state index contributed by atoms with van der Waals surface area (Å²) >= 11 is 1.67. The van der Waals surface area contributed by atoms with Crippen molar-refractivity contribution in [1.82, 2.24) is 0 Å². The average Bonchev–Trinajstić information content (AvgIpc) is 2.83. The molecule has 1 atom stereocenters. The molecule has 3 nitrogen and oxygen atoms in total. The van der Waals surface area contributed by atoms with E-state index in [9.17, 15) is 13.6 Å². The SMILES string of the molecule is Nc1ccc(F)c(F)c1NC(=O)C1CCSC1. The smallest absolute Gasteiger partial charge is 0.228 e. The van der Waals surface area contributed by atoms with Crippen LogP contribution in [0.15, 0.2) is 12.1 Å². The highest BCUT2D eigenvalue weighted by molar-refractivity contribution is 7.99. The molecule has 1 aliphatic heterocycles. The molecule has 0 aliphatic carbocycles. The molecule has 3 N–H and O–H groups in total. The standard InChI is InChI=1S/C11H12F2N2OS/c12-7-1-2-8(14)10(9(7)13)15-11(16)6-3-4-17-5-6/h1-2,6H,3-5,14H2,(H,15,16). The van der Waals surface area contributed by atoms with E-state index < -0.39 is 11.6 Å². The number of hydrogen-bond acceptors (Lipinski definition) is 3. The number of amides is 1. The molecule has 1 aromatic carbocycles. The molecule has 0 spiro atoms. The third-order valence-corrected chi connectivity index (χ3v) is 3.84. The van der Waals surface area contributed by atoms with Crippen LogP contribution in [0.25, 0.3) is 0 Å². The minimum absolute atomic E-state index is 0.0305. The fourth-order valence-corrected chi connectivity index (χ4v) is 2.88. The predicted octanol–water partition coefficient (Wildman–Crippen LogP) is 2.24. The lowest BCUT2D eigenvalue weighted by molar-refractivity contribution is -0.119. The highest BCUT2D eigenvalue weighted by Gasteiger charge is 2.25. The van der Waals surface area contributed by atoms with Crippen molar-refractivity contribution in [3.63, 3.8) is 0 Å². The van der Waals surface area contributed by atoms with Crippen LogP contribution in [-0.4, -0.2) is 17.4 Å². The van der Waals surface area contributed by atoms with Gasteiger partial charge in [-0.2, -0.15) is 11.8 Å². The molecular formula is C11H12F2N2OS. The van der Waals surface area contributed by atoms with Gasteiger partial charge in [-0.1, -0.05) is 0 Å². The molecule has 6 heteroatoms.